The fraction of sp³-hybridized carbons (Fsp3) is 0.600. The van der Waals surface area contributed by atoms with Gasteiger partial charge in [-0.3, -0.25) is 0 Å². The molecule has 0 unspecified atom stereocenters. The number of allylic oxidation sites excluding steroid dienone is 4. The van der Waals surface area contributed by atoms with Crippen LogP contribution in [0.1, 0.15) is 33.6 Å². The van der Waals surface area contributed by atoms with E-state index in [1.165, 1.54) is 24.0 Å². The molecule has 0 heterocycles. The lowest BCUT2D eigenvalue weighted by Crippen LogP contribution is -1.86. The molecule has 1 aliphatic carbocycles. The molecule has 0 N–H and O–H groups in total. The van der Waals surface area contributed by atoms with E-state index in [1.54, 1.807) is 0 Å². The van der Waals surface area contributed by atoms with E-state index in [1.807, 2.05) is 0 Å². The van der Waals surface area contributed by atoms with Crippen molar-refractivity contribution in [1.82, 2.24) is 0 Å². The average Bonchev–Trinajstić information content (AvgIpc) is 2.13. The Morgan fingerprint density at radius 1 is 1.50 bits per heavy atom. The zero-order valence-electron chi connectivity index (χ0n) is 7.15. The Hall–Kier alpha value is -0.520. The SMILES string of the molecule is CC1=CC(CC(C)C)=CC1. The van der Waals surface area contributed by atoms with Gasteiger partial charge in [0.15, 0.2) is 0 Å². The summed E-state index contributed by atoms with van der Waals surface area (Å²) in [6.45, 7) is 6.73. The highest BCUT2D eigenvalue weighted by Gasteiger charge is 2.03. The molecule has 0 bridgehead atoms. The third-order valence-corrected chi connectivity index (χ3v) is 1.76. The maximum Gasteiger partial charge on any atom is -0.0133 e. The molecule has 0 atom stereocenters. The average molecular weight is 136 g/mol. The standard InChI is InChI=1S/C10H16/c1-8(2)6-10-5-4-9(3)7-10/h5,7-8H,4,6H2,1-3H3. The minimum Gasteiger partial charge on any atom is -0.0772 e. The van der Waals surface area contributed by atoms with Crippen molar-refractivity contribution in [3.63, 3.8) is 0 Å². The maximum absolute atomic E-state index is 2.34. The molecule has 0 saturated heterocycles. The van der Waals surface area contributed by atoms with Crippen LogP contribution in [0.4, 0.5) is 0 Å². The fourth-order valence-corrected chi connectivity index (χ4v) is 1.34. The van der Waals surface area contributed by atoms with E-state index < -0.39 is 0 Å². The lowest BCUT2D eigenvalue weighted by Gasteiger charge is -2.01. The Bertz CT molecular complexity index is 170. The lowest BCUT2D eigenvalue weighted by molar-refractivity contribution is 0.650. The maximum atomic E-state index is 2.34. The molecular formula is C10H16. The predicted octanol–water partition coefficient (Wildman–Crippen LogP) is 3.31. The normalized spacial score (nSPS) is 17.6. The van der Waals surface area contributed by atoms with Crippen LogP contribution in [0.3, 0.4) is 0 Å². The van der Waals surface area contributed by atoms with Crippen LogP contribution < -0.4 is 0 Å². The fourth-order valence-electron chi connectivity index (χ4n) is 1.34. The van der Waals surface area contributed by atoms with Gasteiger partial charge in [0.05, 0.1) is 0 Å². The summed E-state index contributed by atoms with van der Waals surface area (Å²) >= 11 is 0. The van der Waals surface area contributed by atoms with Gasteiger partial charge < -0.3 is 0 Å². The highest BCUT2D eigenvalue weighted by molar-refractivity contribution is 5.31. The molecule has 0 radical (unpaired) electrons. The van der Waals surface area contributed by atoms with Crippen molar-refractivity contribution in [3.8, 4) is 0 Å². The monoisotopic (exact) mass is 136 g/mol. The summed E-state index contributed by atoms with van der Waals surface area (Å²) in [7, 11) is 0. The number of hydrogen-bond acceptors (Lipinski definition) is 0. The largest absolute Gasteiger partial charge is 0.0772 e. The number of hydrogen-bond donors (Lipinski definition) is 0. The van der Waals surface area contributed by atoms with Gasteiger partial charge in [0, 0.05) is 0 Å². The summed E-state index contributed by atoms with van der Waals surface area (Å²) < 4.78 is 0. The Kier molecular flexibility index (Phi) is 2.31. The Morgan fingerprint density at radius 2 is 2.20 bits per heavy atom. The van der Waals surface area contributed by atoms with Crippen LogP contribution in [0.5, 0.6) is 0 Å². The van der Waals surface area contributed by atoms with Crippen LogP contribution in [-0.2, 0) is 0 Å². The molecular weight excluding hydrogens is 120 g/mol. The van der Waals surface area contributed by atoms with Gasteiger partial charge in [-0.25, -0.2) is 0 Å². The van der Waals surface area contributed by atoms with E-state index in [-0.39, 0.29) is 0 Å². The summed E-state index contributed by atoms with van der Waals surface area (Å²) in [6.07, 6.45) is 7.09. The second-order valence-electron chi connectivity index (χ2n) is 3.57. The smallest absolute Gasteiger partial charge is 0.0133 e. The van der Waals surface area contributed by atoms with E-state index in [4.69, 9.17) is 0 Å². The van der Waals surface area contributed by atoms with Crippen molar-refractivity contribution in [2.75, 3.05) is 0 Å². The molecule has 0 saturated carbocycles. The van der Waals surface area contributed by atoms with Crippen molar-refractivity contribution in [2.24, 2.45) is 5.92 Å². The van der Waals surface area contributed by atoms with Gasteiger partial charge >= 0.3 is 0 Å². The topological polar surface area (TPSA) is 0 Å². The first-order chi connectivity index (χ1) is 4.68. The van der Waals surface area contributed by atoms with Crippen molar-refractivity contribution in [2.45, 2.75) is 33.6 Å². The molecule has 1 aliphatic rings. The van der Waals surface area contributed by atoms with Gasteiger partial charge in [0.1, 0.15) is 0 Å². The first-order valence-corrected chi connectivity index (χ1v) is 4.04. The minimum absolute atomic E-state index is 0.799. The van der Waals surface area contributed by atoms with Crippen LogP contribution in [0, 0.1) is 5.92 Å². The molecule has 0 aliphatic heterocycles. The van der Waals surface area contributed by atoms with Gasteiger partial charge in [-0.1, -0.05) is 37.1 Å². The molecule has 0 aromatic carbocycles. The summed E-state index contributed by atoms with van der Waals surface area (Å²) in [5.74, 6) is 0.799. The van der Waals surface area contributed by atoms with Crippen molar-refractivity contribution in [3.05, 3.63) is 23.3 Å². The van der Waals surface area contributed by atoms with Crippen molar-refractivity contribution >= 4 is 0 Å². The van der Waals surface area contributed by atoms with Crippen LogP contribution in [-0.4, -0.2) is 0 Å². The first kappa shape index (κ1) is 7.59. The molecule has 0 amide bonds. The van der Waals surface area contributed by atoms with E-state index >= 15 is 0 Å². The van der Waals surface area contributed by atoms with Crippen LogP contribution in [0.15, 0.2) is 23.3 Å². The second-order valence-corrected chi connectivity index (χ2v) is 3.57. The molecule has 0 nitrogen and oxygen atoms in total. The van der Waals surface area contributed by atoms with Crippen molar-refractivity contribution in [1.29, 1.82) is 0 Å². The number of rotatable bonds is 2. The quantitative estimate of drug-likeness (QED) is 0.546. The Labute approximate surface area is 63.6 Å². The van der Waals surface area contributed by atoms with Gasteiger partial charge in [-0.15, -0.1) is 0 Å². The summed E-state index contributed by atoms with van der Waals surface area (Å²) in [6, 6.07) is 0. The van der Waals surface area contributed by atoms with Gasteiger partial charge in [-0.2, -0.15) is 0 Å². The zero-order valence-corrected chi connectivity index (χ0v) is 7.15. The van der Waals surface area contributed by atoms with Gasteiger partial charge in [0.2, 0.25) is 0 Å². The molecule has 1 rings (SSSR count). The van der Waals surface area contributed by atoms with E-state index in [9.17, 15) is 0 Å². The van der Waals surface area contributed by atoms with Gasteiger partial charge in [-0.05, 0) is 25.7 Å². The Balaban J connectivity index is 2.44. The molecule has 0 fully saturated rings. The summed E-state index contributed by atoms with van der Waals surface area (Å²) in [5.41, 5.74) is 3.04. The third kappa shape index (κ3) is 2.02. The van der Waals surface area contributed by atoms with Crippen molar-refractivity contribution < 1.29 is 0 Å². The molecule has 0 aromatic heterocycles. The highest BCUT2D eigenvalue weighted by atomic mass is 14.1. The van der Waals surface area contributed by atoms with Crippen LogP contribution in [0.25, 0.3) is 0 Å². The summed E-state index contributed by atoms with van der Waals surface area (Å²) in [5, 5.41) is 0. The predicted molar refractivity (Wildman–Crippen MR) is 45.9 cm³/mol. The highest BCUT2D eigenvalue weighted by Crippen LogP contribution is 2.22. The second kappa shape index (κ2) is 3.05. The molecule has 0 heteroatoms. The first-order valence-electron chi connectivity index (χ1n) is 4.04. The minimum atomic E-state index is 0.799. The van der Waals surface area contributed by atoms with E-state index in [0.29, 0.717) is 0 Å². The van der Waals surface area contributed by atoms with E-state index in [0.717, 1.165) is 5.92 Å². The molecule has 56 valence electrons. The zero-order chi connectivity index (χ0) is 7.56. The van der Waals surface area contributed by atoms with Crippen LogP contribution in [0.2, 0.25) is 0 Å². The van der Waals surface area contributed by atoms with E-state index in [2.05, 4.69) is 32.9 Å². The van der Waals surface area contributed by atoms with Crippen LogP contribution >= 0.6 is 0 Å². The Morgan fingerprint density at radius 3 is 2.60 bits per heavy atom. The molecule has 0 spiro atoms. The summed E-state index contributed by atoms with van der Waals surface area (Å²) in [4.78, 5) is 0. The lowest BCUT2D eigenvalue weighted by atomic mass is 10.0. The third-order valence-electron chi connectivity index (χ3n) is 1.76. The van der Waals surface area contributed by atoms with Gasteiger partial charge in [0.25, 0.3) is 0 Å². The molecule has 0 aromatic rings. The molecule has 10 heavy (non-hydrogen) atoms.